The van der Waals surface area contributed by atoms with E-state index in [1.54, 1.807) is 0 Å². The summed E-state index contributed by atoms with van der Waals surface area (Å²) in [4.78, 5) is 2.29. The maximum Gasteiger partial charge on any atom is 0.0917 e. The van der Waals surface area contributed by atoms with Crippen molar-refractivity contribution in [3.63, 3.8) is 0 Å². The van der Waals surface area contributed by atoms with Crippen molar-refractivity contribution in [2.24, 2.45) is 0 Å². The van der Waals surface area contributed by atoms with E-state index in [0.717, 1.165) is 6.54 Å². The molecule has 0 saturated carbocycles. The van der Waals surface area contributed by atoms with E-state index in [9.17, 15) is 5.11 Å². The van der Waals surface area contributed by atoms with Crippen molar-refractivity contribution in [1.29, 1.82) is 0 Å². The van der Waals surface area contributed by atoms with Crippen LogP contribution in [0.1, 0.15) is 31.9 Å². The van der Waals surface area contributed by atoms with Crippen LogP contribution in [0.25, 0.3) is 0 Å². The highest BCUT2D eigenvalue weighted by molar-refractivity contribution is 5.52. The summed E-state index contributed by atoms with van der Waals surface area (Å²) < 4.78 is 0. The monoisotopic (exact) mass is 262 g/mol. The van der Waals surface area contributed by atoms with Crippen LogP contribution in [0.5, 0.6) is 0 Å². The summed E-state index contributed by atoms with van der Waals surface area (Å²) in [7, 11) is 0. The van der Waals surface area contributed by atoms with Gasteiger partial charge in [0.25, 0.3) is 0 Å². The molecule has 0 aromatic heterocycles. The van der Waals surface area contributed by atoms with Crippen molar-refractivity contribution in [2.75, 3.05) is 24.5 Å². The maximum atomic E-state index is 10.5. The van der Waals surface area contributed by atoms with Gasteiger partial charge in [0.1, 0.15) is 0 Å². The molecule has 106 valence electrons. The van der Waals surface area contributed by atoms with E-state index in [0.29, 0.717) is 13.1 Å². The fourth-order valence-corrected chi connectivity index (χ4v) is 2.80. The average molecular weight is 262 g/mol. The van der Waals surface area contributed by atoms with Gasteiger partial charge in [-0.25, -0.2) is 0 Å². The Balaban J connectivity index is 2.34. The van der Waals surface area contributed by atoms with Crippen molar-refractivity contribution in [3.05, 3.63) is 29.3 Å². The number of β-amino-alcohol motifs (C(OH)–C–C–N with tert-alkyl or cyclic N) is 1. The number of aliphatic hydroxyl groups is 1. The Bertz CT molecular complexity index is 428. The van der Waals surface area contributed by atoms with Gasteiger partial charge in [-0.3, -0.25) is 0 Å². The second-order valence-electron chi connectivity index (χ2n) is 6.94. The minimum absolute atomic E-state index is 0.00184. The van der Waals surface area contributed by atoms with E-state index in [2.05, 4.69) is 56.1 Å². The Hall–Kier alpha value is -1.06. The van der Waals surface area contributed by atoms with E-state index in [4.69, 9.17) is 0 Å². The molecule has 0 aliphatic carbocycles. The van der Waals surface area contributed by atoms with E-state index >= 15 is 0 Å². The standard InChI is InChI=1S/C16H26N2O/c1-12-6-13(2)8-14(7-12)18-10-15(3,4)17-9-16(5,19)11-18/h6-8,17,19H,9-11H2,1-5H3. The fourth-order valence-electron chi connectivity index (χ4n) is 2.80. The van der Waals surface area contributed by atoms with Gasteiger partial charge in [0.2, 0.25) is 0 Å². The number of aryl methyl sites for hydroxylation is 2. The van der Waals surface area contributed by atoms with E-state index in [1.165, 1.54) is 16.8 Å². The first-order valence-electron chi connectivity index (χ1n) is 6.98. The summed E-state index contributed by atoms with van der Waals surface area (Å²) >= 11 is 0. The Morgan fingerprint density at radius 3 is 2.21 bits per heavy atom. The lowest BCUT2D eigenvalue weighted by atomic mass is 10.0. The zero-order chi connectivity index (χ0) is 14.3. The van der Waals surface area contributed by atoms with Gasteiger partial charge in [0, 0.05) is 30.9 Å². The van der Waals surface area contributed by atoms with Crippen molar-refractivity contribution in [2.45, 2.75) is 45.8 Å². The normalized spacial score (nSPS) is 27.2. The molecule has 2 N–H and O–H groups in total. The molecule has 2 rings (SSSR count). The van der Waals surface area contributed by atoms with Crippen LogP contribution in [0, 0.1) is 13.8 Å². The van der Waals surface area contributed by atoms with Crippen molar-refractivity contribution < 1.29 is 5.11 Å². The number of nitrogens with zero attached hydrogens (tertiary/aromatic N) is 1. The first-order chi connectivity index (χ1) is 8.67. The van der Waals surface area contributed by atoms with Crippen LogP contribution < -0.4 is 10.2 Å². The van der Waals surface area contributed by atoms with E-state index < -0.39 is 5.60 Å². The zero-order valence-electron chi connectivity index (χ0n) is 12.7. The van der Waals surface area contributed by atoms with Crippen LogP contribution in [0.3, 0.4) is 0 Å². The topological polar surface area (TPSA) is 35.5 Å². The summed E-state index contributed by atoms with van der Waals surface area (Å²) in [5, 5.41) is 13.9. The lowest BCUT2D eigenvalue weighted by Crippen LogP contribution is -2.47. The maximum absolute atomic E-state index is 10.5. The van der Waals surface area contributed by atoms with Gasteiger partial charge in [-0.05, 0) is 57.9 Å². The predicted octanol–water partition coefficient (Wildman–Crippen LogP) is 2.24. The number of anilines is 1. The van der Waals surface area contributed by atoms with Crippen molar-refractivity contribution in [3.8, 4) is 0 Å². The molecule has 1 atom stereocenters. The molecular formula is C16H26N2O. The van der Waals surface area contributed by atoms with Gasteiger partial charge in [-0.1, -0.05) is 6.07 Å². The zero-order valence-corrected chi connectivity index (χ0v) is 12.7. The largest absolute Gasteiger partial charge is 0.387 e. The smallest absolute Gasteiger partial charge is 0.0917 e. The molecule has 1 aliphatic rings. The molecule has 0 bridgehead atoms. The van der Waals surface area contributed by atoms with Gasteiger partial charge in [-0.2, -0.15) is 0 Å². The Morgan fingerprint density at radius 1 is 1.05 bits per heavy atom. The second-order valence-corrected chi connectivity index (χ2v) is 6.94. The second kappa shape index (κ2) is 4.80. The SMILES string of the molecule is Cc1cc(C)cc(N2CC(C)(O)CNC(C)(C)C2)c1. The molecule has 3 nitrogen and oxygen atoms in total. The Morgan fingerprint density at radius 2 is 1.63 bits per heavy atom. The van der Waals surface area contributed by atoms with Gasteiger partial charge in [0.05, 0.1) is 5.60 Å². The summed E-state index contributed by atoms with van der Waals surface area (Å²) in [6.07, 6.45) is 0. The van der Waals surface area contributed by atoms with Crippen LogP contribution in [-0.4, -0.2) is 35.9 Å². The number of rotatable bonds is 1. The fraction of sp³-hybridized carbons (Fsp3) is 0.625. The molecule has 3 heteroatoms. The molecular weight excluding hydrogens is 236 g/mol. The highest BCUT2D eigenvalue weighted by Crippen LogP contribution is 2.25. The minimum Gasteiger partial charge on any atom is -0.387 e. The molecule has 1 saturated heterocycles. The molecule has 1 unspecified atom stereocenters. The van der Waals surface area contributed by atoms with Gasteiger partial charge in [0.15, 0.2) is 0 Å². The summed E-state index contributed by atoms with van der Waals surface area (Å²) in [6.45, 7) is 12.7. The molecule has 19 heavy (non-hydrogen) atoms. The van der Waals surface area contributed by atoms with Gasteiger partial charge in [-0.15, -0.1) is 0 Å². The highest BCUT2D eigenvalue weighted by atomic mass is 16.3. The first kappa shape index (κ1) is 14.4. The van der Waals surface area contributed by atoms with Crippen LogP contribution in [0.15, 0.2) is 18.2 Å². The van der Waals surface area contributed by atoms with Gasteiger partial charge < -0.3 is 15.3 Å². The number of benzene rings is 1. The third-order valence-electron chi connectivity index (χ3n) is 3.64. The summed E-state index contributed by atoms with van der Waals surface area (Å²) in [6, 6.07) is 6.58. The van der Waals surface area contributed by atoms with Crippen LogP contribution >= 0.6 is 0 Å². The van der Waals surface area contributed by atoms with Crippen LogP contribution in [-0.2, 0) is 0 Å². The molecule has 1 heterocycles. The first-order valence-corrected chi connectivity index (χ1v) is 6.98. The quantitative estimate of drug-likeness (QED) is 0.815. The molecule has 1 aromatic carbocycles. The Kier molecular flexibility index (Phi) is 3.63. The molecule has 1 aliphatic heterocycles. The average Bonchev–Trinajstić information content (AvgIpc) is 2.34. The van der Waals surface area contributed by atoms with Gasteiger partial charge >= 0.3 is 0 Å². The predicted molar refractivity (Wildman–Crippen MR) is 80.8 cm³/mol. The van der Waals surface area contributed by atoms with E-state index in [-0.39, 0.29) is 5.54 Å². The Labute approximate surface area is 116 Å². The van der Waals surface area contributed by atoms with Crippen LogP contribution in [0.4, 0.5) is 5.69 Å². The van der Waals surface area contributed by atoms with Crippen molar-refractivity contribution >= 4 is 5.69 Å². The molecule has 0 radical (unpaired) electrons. The van der Waals surface area contributed by atoms with E-state index in [1.807, 2.05) is 6.92 Å². The molecule has 1 aromatic rings. The molecule has 0 amide bonds. The third kappa shape index (κ3) is 3.71. The summed E-state index contributed by atoms with van der Waals surface area (Å²) in [5.41, 5.74) is 3.03. The van der Waals surface area contributed by atoms with Crippen LogP contribution in [0.2, 0.25) is 0 Å². The third-order valence-corrected chi connectivity index (χ3v) is 3.64. The molecule has 0 spiro atoms. The summed E-state index contributed by atoms with van der Waals surface area (Å²) in [5.74, 6) is 0. The molecule has 1 fully saturated rings. The lowest BCUT2D eigenvalue weighted by Gasteiger charge is -2.32. The minimum atomic E-state index is -0.703. The number of nitrogens with one attached hydrogen (secondary N) is 1. The number of hydrogen-bond acceptors (Lipinski definition) is 3. The lowest BCUT2D eigenvalue weighted by molar-refractivity contribution is 0.0696. The van der Waals surface area contributed by atoms with Crippen molar-refractivity contribution in [1.82, 2.24) is 5.32 Å². The number of hydrogen-bond donors (Lipinski definition) is 2. The highest BCUT2D eigenvalue weighted by Gasteiger charge is 2.34.